The van der Waals surface area contributed by atoms with E-state index in [2.05, 4.69) is 5.32 Å². The first-order valence-corrected chi connectivity index (χ1v) is 6.98. The van der Waals surface area contributed by atoms with E-state index in [1.807, 2.05) is 45.0 Å². The van der Waals surface area contributed by atoms with Crippen LogP contribution in [-0.4, -0.2) is 17.5 Å². The van der Waals surface area contributed by atoms with Crippen LogP contribution in [0.25, 0.3) is 0 Å². The number of nitrogens with one attached hydrogen (secondary N) is 1. The van der Waals surface area contributed by atoms with Gasteiger partial charge in [0, 0.05) is 23.0 Å². The van der Waals surface area contributed by atoms with Crippen LogP contribution in [0.1, 0.15) is 39.2 Å². The molecule has 1 aromatic carbocycles. The van der Waals surface area contributed by atoms with Crippen molar-refractivity contribution in [2.75, 3.05) is 0 Å². The van der Waals surface area contributed by atoms with Crippen molar-refractivity contribution >= 4 is 29.9 Å². The Morgan fingerprint density at radius 2 is 2.00 bits per heavy atom. The van der Waals surface area contributed by atoms with Crippen molar-refractivity contribution in [3.8, 4) is 0 Å². The van der Waals surface area contributed by atoms with Gasteiger partial charge in [-0.25, -0.2) is 0 Å². The van der Waals surface area contributed by atoms with Crippen molar-refractivity contribution in [2.24, 2.45) is 5.73 Å². The highest BCUT2D eigenvalue weighted by molar-refractivity contribution is 6.31. The normalized spacial score (nSPS) is 12.4. The Labute approximate surface area is 132 Å². The number of hydrogen-bond donors (Lipinski definition) is 2. The van der Waals surface area contributed by atoms with Gasteiger partial charge in [-0.15, -0.1) is 12.4 Å². The van der Waals surface area contributed by atoms with Crippen molar-refractivity contribution in [1.29, 1.82) is 0 Å². The molecule has 0 saturated carbocycles. The van der Waals surface area contributed by atoms with E-state index in [4.69, 9.17) is 17.3 Å². The van der Waals surface area contributed by atoms with Gasteiger partial charge in [-0.05, 0) is 45.2 Å². The molecule has 1 amide bonds. The first kappa shape index (κ1) is 19.2. The average Bonchev–Trinajstić information content (AvgIpc) is 2.28. The third-order valence-corrected chi connectivity index (χ3v) is 3.26. The molecule has 3 N–H and O–H groups in total. The summed E-state index contributed by atoms with van der Waals surface area (Å²) >= 11 is 6.14. The molecule has 20 heavy (non-hydrogen) atoms. The van der Waals surface area contributed by atoms with E-state index < -0.39 is 0 Å². The first-order valence-electron chi connectivity index (χ1n) is 6.60. The molecule has 0 radical (unpaired) electrons. The summed E-state index contributed by atoms with van der Waals surface area (Å²) in [5.41, 5.74) is 6.37. The maximum Gasteiger partial charge on any atom is 0.220 e. The number of carbonyl (C=O) groups is 1. The molecule has 114 valence electrons. The van der Waals surface area contributed by atoms with Gasteiger partial charge in [-0.1, -0.05) is 29.8 Å². The summed E-state index contributed by atoms with van der Waals surface area (Å²) in [4.78, 5) is 11.8. The maximum atomic E-state index is 11.8. The van der Waals surface area contributed by atoms with Crippen LogP contribution in [0.15, 0.2) is 24.3 Å². The fourth-order valence-corrected chi connectivity index (χ4v) is 2.16. The van der Waals surface area contributed by atoms with Gasteiger partial charge in [-0.2, -0.15) is 0 Å². The Bertz CT molecular complexity index is 434. The molecule has 0 aromatic heterocycles. The monoisotopic (exact) mass is 318 g/mol. The molecule has 1 rings (SSSR count). The minimum absolute atomic E-state index is 0. The molecular weight excluding hydrogens is 295 g/mol. The Balaban J connectivity index is 0.00000361. The number of hydrogen-bond acceptors (Lipinski definition) is 2. The predicted octanol–water partition coefficient (Wildman–Crippen LogP) is 3.33. The fraction of sp³-hybridized carbons (Fsp3) is 0.533. The second-order valence-electron chi connectivity index (χ2n) is 5.72. The number of amides is 1. The summed E-state index contributed by atoms with van der Waals surface area (Å²) in [6, 6.07) is 7.76. The highest BCUT2D eigenvalue weighted by Gasteiger charge is 2.21. The van der Waals surface area contributed by atoms with Crippen LogP contribution in [0.2, 0.25) is 5.02 Å². The molecule has 0 heterocycles. The molecule has 1 aromatic rings. The van der Waals surface area contributed by atoms with Crippen LogP contribution in [0.3, 0.4) is 0 Å². The second-order valence-corrected chi connectivity index (χ2v) is 6.12. The smallest absolute Gasteiger partial charge is 0.220 e. The van der Waals surface area contributed by atoms with E-state index in [1.54, 1.807) is 0 Å². The molecule has 5 heteroatoms. The molecular formula is C15H24Cl2N2O. The van der Waals surface area contributed by atoms with E-state index in [0.29, 0.717) is 19.3 Å². The highest BCUT2D eigenvalue weighted by atomic mass is 35.5. The fourth-order valence-electron chi connectivity index (χ4n) is 1.96. The summed E-state index contributed by atoms with van der Waals surface area (Å²) in [5, 5.41) is 3.77. The highest BCUT2D eigenvalue weighted by Crippen LogP contribution is 2.20. The molecule has 0 saturated heterocycles. The van der Waals surface area contributed by atoms with Crippen LogP contribution in [0.5, 0.6) is 0 Å². The maximum absolute atomic E-state index is 11.8. The molecule has 3 nitrogen and oxygen atoms in total. The lowest BCUT2D eigenvalue weighted by Gasteiger charge is -2.27. The van der Waals surface area contributed by atoms with E-state index in [1.165, 1.54) is 0 Å². The standard InChI is InChI=1S/C15H23ClN2O.ClH/c1-11(17)8-9-14(19)18-15(2,3)10-12-6-4-5-7-13(12)16;/h4-7,11H,8-10,17H2,1-3H3,(H,18,19);1H. The van der Waals surface area contributed by atoms with E-state index in [9.17, 15) is 4.79 Å². The first-order chi connectivity index (χ1) is 8.80. The van der Waals surface area contributed by atoms with Crippen LogP contribution < -0.4 is 11.1 Å². The van der Waals surface area contributed by atoms with Crippen molar-refractivity contribution in [3.63, 3.8) is 0 Å². The Morgan fingerprint density at radius 3 is 2.55 bits per heavy atom. The van der Waals surface area contributed by atoms with Crippen LogP contribution >= 0.6 is 24.0 Å². The van der Waals surface area contributed by atoms with Crippen LogP contribution in [0.4, 0.5) is 0 Å². The molecule has 0 fully saturated rings. The summed E-state index contributed by atoms with van der Waals surface area (Å²) in [6.45, 7) is 5.91. The number of benzene rings is 1. The lowest BCUT2D eigenvalue weighted by Crippen LogP contribution is -2.45. The number of carbonyl (C=O) groups excluding carboxylic acids is 1. The molecule has 1 atom stereocenters. The van der Waals surface area contributed by atoms with Crippen LogP contribution in [0, 0.1) is 0 Å². The third-order valence-electron chi connectivity index (χ3n) is 2.89. The Hall–Kier alpha value is -0.770. The average molecular weight is 319 g/mol. The molecule has 1 unspecified atom stereocenters. The van der Waals surface area contributed by atoms with E-state index in [0.717, 1.165) is 10.6 Å². The number of nitrogens with two attached hydrogens (primary N) is 1. The SMILES string of the molecule is CC(N)CCC(=O)NC(C)(C)Cc1ccccc1Cl.Cl. The van der Waals surface area contributed by atoms with Gasteiger partial charge in [-0.3, -0.25) is 4.79 Å². The Kier molecular flexibility index (Phi) is 8.17. The third kappa shape index (κ3) is 7.13. The minimum atomic E-state index is -0.320. The lowest BCUT2D eigenvalue weighted by atomic mass is 9.94. The summed E-state index contributed by atoms with van der Waals surface area (Å²) < 4.78 is 0. The van der Waals surface area contributed by atoms with Gasteiger partial charge in [0.2, 0.25) is 5.91 Å². The van der Waals surface area contributed by atoms with Gasteiger partial charge >= 0.3 is 0 Å². The van der Waals surface area contributed by atoms with Crippen molar-refractivity contribution in [2.45, 2.75) is 51.6 Å². The molecule has 0 aliphatic carbocycles. The quantitative estimate of drug-likeness (QED) is 0.845. The topological polar surface area (TPSA) is 55.1 Å². The van der Waals surface area contributed by atoms with Crippen LogP contribution in [-0.2, 0) is 11.2 Å². The number of rotatable bonds is 6. The lowest BCUT2D eigenvalue weighted by molar-refractivity contribution is -0.122. The second kappa shape index (κ2) is 8.50. The summed E-state index contributed by atoms with van der Waals surface area (Å²) in [7, 11) is 0. The largest absolute Gasteiger partial charge is 0.351 e. The molecule has 0 spiro atoms. The van der Waals surface area contributed by atoms with Crippen molar-refractivity contribution < 1.29 is 4.79 Å². The van der Waals surface area contributed by atoms with E-state index >= 15 is 0 Å². The van der Waals surface area contributed by atoms with Gasteiger partial charge in [0.25, 0.3) is 0 Å². The molecule has 0 bridgehead atoms. The Morgan fingerprint density at radius 1 is 1.40 bits per heavy atom. The van der Waals surface area contributed by atoms with Crippen molar-refractivity contribution in [3.05, 3.63) is 34.9 Å². The van der Waals surface area contributed by atoms with Gasteiger partial charge in [0.15, 0.2) is 0 Å². The predicted molar refractivity (Wildman–Crippen MR) is 87.5 cm³/mol. The molecule has 0 aliphatic rings. The van der Waals surface area contributed by atoms with Gasteiger partial charge in [0.1, 0.15) is 0 Å². The zero-order valence-corrected chi connectivity index (χ0v) is 13.9. The molecule has 0 aliphatic heterocycles. The summed E-state index contributed by atoms with van der Waals surface area (Å²) in [5.74, 6) is 0.0364. The minimum Gasteiger partial charge on any atom is -0.351 e. The number of halogens is 2. The van der Waals surface area contributed by atoms with Gasteiger partial charge in [0.05, 0.1) is 0 Å². The van der Waals surface area contributed by atoms with Gasteiger partial charge < -0.3 is 11.1 Å². The zero-order chi connectivity index (χ0) is 14.5. The summed E-state index contributed by atoms with van der Waals surface area (Å²) in [6.07, 6.45) is 1.87. The van der Waals surface area contributed by atoms with E-state index in [-0.39, 0.29) is 29.9 Å². The zero-order valence-electron chi connectivity index (χ0n) is 12.3. The van der Waals surface area contributed by atoms with Crippen molar-refractivity contribution in [1.82, 2.24) is 5.32 Å².